The minimum Gasteiger partial charge on any atom is -0.444 e. The van der Waals surface area contributed by atoms with Crippen LogP contribution in [0.3, 0.4) is 0 Å². The normalized spacial score (nSPS) is 19.4. The summed E-state index contributed by atoms with van der Waals surface area (Å²) in [5, 5.41) is 7.65. The van der Waals surface area contributed by atoms with Crippen molar-refractivity contribution in [3.05, 3.63) is 11.9 Å². The number of rotatable bonds is 3. The highest BCUT2D eigenvalue weighted by Gasteiger charge is 2.30. The first kappa shape index (κ1) is 15.5. The van der Waals surface area contributed by atoms with Crippen LogP contribution in [0.2, 0.25) is 0 Å². The number of aromatic nitrogens is 3. The zero-order chi connectivity index (χ0) is 15.5. The first-order valence-corrected chi connectivity index (χ1v) is 7.24. The van der Waals surface area contributed by atoms with E-state index in [1.54, 1.807) is 15.8 Å². The molecule has 1 saturated heterocycles. The van der Waals surface area contributed by atoms with Crippen molar-refractivity contribution in [1.29, 1.82) is 0 Å². The molecule has 2 rings (SSSR count). The van der Waals surface area contributed by atoms with Gasteiger partial charge in [-0.05, 0) is 40.0 Å². The zero-order valence-electron chi connectivity index (χ0n) is 12.8. The number of ether oxygens (including phenoxy) is 1. The maximum absolute atomic E-state index is 12.3. The average Bonchev–Trinajstić information content (AvgIpc) is 2.85. The molecule has 21 heavy (non-hydrogen) atoms. The van der Waals surface area contributed by atoms with Gasteiger partial charge in [0, 0.05) is 6.54 Å². The predicted octanol–water partition coefficient (Wildman–Crippen LogP) is 1.88. The summed E-state index contributed by atoms with van der Waals surface area (Å²) in [6.07, 6.45) is 4.91. The molecule has 1 aromatic rings. The lowest BCUT2D eigenvalue weighted by Crippen LogP contribution is -2.47. The fraction of sp³-hybridized carbons (Fsp3) is 0.714. The minimum atomic E-state index is -0.503. The minimum absolute atomic E-state index is 0.0230. The second kappa shape index (κ2) is 6.24. The van der Waals surface area contributed by atoms with Gasteiger partial charge in [-0.2, -0.15) is 0 Å². The van der Waals surface area contributed by atoms with E-state index in [-0.39, 0.29) is 12.1 Å². The van der Waals surface area contributed by atoms with Crippen molar-refractivity contribution in [3.8, 4) is 0 Å². The van der Waals surface area contributed by atoms with Crippen LogP contribution >= 0.6 is 0 Å². The van der Waals surface area contributed by atoms with Crippen LogP contribution in [0.4, 0.5) is 4.79 Å². The van der Waals surface area contributed by atoms with E-state index >= 15 is 0 Å². The molecule has 1 atom stereocenters. The van der Waals surface area contributed by atoms with Gasteiger partial charge in [0.15, 0.2) is 6.29 Å². The number of carbonyl (C=O) groups is 2. The second-order valence-electron chi connectivity index (χ2n) is 6.31. The summed E-state index contributed by atoms with van der Waals surface area (Å²) in [5.41, 5.74) is -0.202. The van der Waals surface area contributed by atoms with Crippen LogP contribution in [0.15, 0.2) is 6.20 Å². The van der Waals surface area contributed by atoms with Crippen LogP contribution in [0.5, 0.6) is 0 Å². The zero-order valence-corrected chi connectivity index (χ0v) is 12.8. The number of amides is 1. The smallest absolute Gasteiger partial charge is 0.410 e. The van der Waals surface area contributed by atoms with E-state index in [0.29, 0.717) is 25.1 Å². The second-order valence-corrected chi connectivity index (χ2v) is 6.31. The van der Waals surface area contributed by atoms with Gasteiger partial charge in [-0.3, -0.25) is 4.79 Å². The molecule has 0 spiro atoms. The molecule has 0 aromatic carbocycles. The number of hydrogen-bond donors (Lipinski definition) is 0. The molecular weight excluding hydrogens is 272 g/mol. The Morgan fingerprint density at radius 3 is 2.86 bits per heavy atom. The maximum atomic E-state index is 12.3. The van der Waals surface area contributed by atoms with Gasteiger partial charge in [-0.25, -0.2) is 9.48 Å². The molecule has 7 nitrogen and oxygen atoms in total. The molecule has 0 N–H and O–H groups in total. The monoisotopic (exact) mass is 294 g/mol. The van der Waals surface area contributed by atoms with Gasteiger partial charge >= 0.3 is 6.09 Å². The molecule has 1 fully saturated rings. The number of hydrogen-bond acceptors (Lipinski definition) is 5. The third-order valence-corrected chi connectivity index (χ3v) is 3.33. The van der Waals surface area contributed by atoms with Crippen LogP contribution in [0, 0.1) is 0 Å². The summed E-state index contributed by atoms with van der Waals surface area (Å²) in [7, 11) is 0. The van der Waals surface area contributed by atoms with E-state index in [9.17, 15) is 9.59 Å². The third-order valence-electron chi connectivity index (χ3n) is 3.33. The van der Waals surface area contributed by atoms with Crippen LogP contribution in [-0.2, 0) is 11.3 Å². The highest BCUT2D eigenvalue weighted by atomic mass is 16.6. The molecular formula is C14H22N4O3. The van der Waals surface area contributed by atoms with E-state index in [1.165, 1.54) is 0 Å². The van der Waals surface area contributed by atoms with Crippen LogP contribution in [0.1, 0.15) is 50.5 Å². The van der Waals surface area contributed by atoms with Crippen molar-refractivity contribution in [3.63, 3.8) is 0 Å². The standard InChI is InChI=1S/C14H22N4O3/c1-14(2,3)21-13(20)18-7-5-4-6-12(18)9-17-8-11(10-19)15-16-17/h8,10,12H,4-7,9H2,1-3H3. The topological polar surface area (TPSA) is 77.3 Å². The van der Waals surface area contributed by atoms with Gasteiger partial charge in [-0.1, -0.05) is 5.21 Å². The predicted molar refractivity (Wildman–Crippen MR) is 76.0 cm³/mol. The van der Waals surface area contributed by atoms with Crippen molar-refractivity contribution in [2.24, 2.45) is 0 Å². The SMILES string of the molecule is CC(C)(C)OC(=O)N1CCCCC1Cn1cc(C=O)nn1. The van der Waals surface area contributed by atoms with Crippen LogP contribution < -0.4 is 0 Å². The van der Waals surface area contributed by atoms with E-state index in [1.807, 2.05) is 20.8 Å². The molecule has 1 aliphatic heterocycles. The Hall–Kier alpha value is -1.92. The number of likely N-dealkylation sites (tertiary alicyclic amines) is 1. The van der Waals surface area contributed by atoms with Gasteiger partial charge in [0.25, 0.3) is 0 Å². The number of carbonyl (C=O) groups excluding carboxylic acids is 2. The third kappa shape index (κ3) is 4.27. The Bertz CT molecular complexity index is 507. The summed E-state index contributed by atoms with van der Waals surface area (Å²) in [6.45, 7) is 6.79. The molecule has 1 aromatic heterocycles. The van der Waals surface area contributed by atoms with Gasteiger partial charge in [0.05, 0.1) is 18.8 Å². The Labute approximate surface area is 124 Å². The first-order chi connectivity index (χ1) is 9.89. The Morgan fingerprint density at radius 2 is 2.24 bits per heavy atom. The maximum Gasteiger partial charge on any atom is 0.410 e. The molecule has 116 valence electrons. The van der Waals surface area contributed by atoms with Crippen molar-refractivity contribution >= 4 is 12.4 Å². The number of aldehydes is 1. The molecule has 0 radical (unpaired) electrons. The van der Waals surface area contributed by atoms with Crippen molar-refractivity contribution in [2.45, 2.75) is 58.2 Å². The quantitative estimate of drug-likeness (QED) is 0.795. The van der Waals surface area contributed by atoms with Crippen molar-refractivity contribution in [1.82, 2.24) is 19.9 Å². The fourth-order valence-electron chi connectivity index (χ4n) is 2.42. The molecule has 1 unspecified atom stereocenters. The van der Waals surface area contributed by atoms with E-state index < -0.39 is 5.60 Å². The number of piperidine rings is 1. The summed E-state index contributed by atoms with van der Waals surface area (Å²) < 4.78 is 7.07. The molecule has 1 amide bonds. The molecule has 7 heteroatoms. The molecule has 2 heterocycles. The van der Waals surface area contributed by atoms with E-state index in [4.69, 9.17) is 4.74 Å². The Morgan fingerprint density at radius 1 is 1.48 bits per heavy atom. The molecule has 0 saturated carbocycles. The van der Waals surface area contributed by atoms with Crippen LogP contribution in [0.25, 0.3) is 0 Å². The molecule has 0 aliphatic carbocycles. The van der Waals surface area contributed by atoms with Gasteiger partial charge in [-0.15, -0.1) is 5.10 Å². The summed E-state index contributed by atoms with van der Waals surface area (Å²) in [6, 6.07) is 0.0230. The Kier molecular flexibility index (Phi) is 4.59. The fourth-order valence-corrected chi connectivity index (χ4v) is 2.42. The van der Waals surface area contributed by atoms with Crippen molar-refractivity contribution in [2.75, 3.05) is 6.54 Å². The lowest BCUT2D eigenvalue weighted by atomic mass is 10.0. The summed E-state index contributed by atoms with van der Waals surface area (Å²) in [5.74, 6) is 0. The lowest BCUT2D eigenvalue weighted by Gasteiger charge is -2.36. The molecule has 0 bridgehead atoms. The summed E-state index contributed by atoms with van der Waals surface area (Å²) in [4.78, 5) is 24.7. The lowest BCUT2D eigenvalue weighted by molar-refractivity contribution is 0.00732. The Balaban J connectivity index is 2.04. The van der Waals surface area contributed by atoms with Crippen molar-refractivity contribution < 1.29 is 14.3 Å². The van der Waals surface area contributed by atoms with Gasteiger partial charge in [0.1, 0.15) is 11.3 Å². The first-order valence-electron chi connectivity index (χ1n) is 7.24. The van der Waals surface area contributed by atoms with E-state index in [2.05, 4.69) is 10.3 Å². The van der Waals surface area contributed by atoms with Gasteiger partial charge in [0.2, 0.25) is 0 Å². The summed E-state index contributed by atoms with van der Waals surface area (Å²) >= 11 is 0. The van der Waals surface area contributed by atoms with E-state index in [0.717, 1.165) is 19.3 Å². The average molecular weight is 294 g/mol. The molecule has 1 aliphatic rings. The van der Waals surface area contributed by atoms with Crippen LogP contribution in [-0.4, -0.2) is 50.5 Å². The van der Waals surface area contributed by atoms with Gasteiger partial charge < -0.3 is 9.64 Å². The highest BCUT2D eigenvalue weighted by Crippen LogP contribution is 2.21. The largest absolute Gasteiger partial charge is 0.444 e. The highest BCUT2D eigenvalue weighted by molar-refractivity contribution is 5.70. The number of nitrogens with zero attached hydrogens (tertiary/aromatic N) is 4.